The van der Waals surface area contributed by atoms with Gasteiger partial charge in [-0.15, -0.1) is 0 Å². The van der Waals surface area contributed by atoms with Crippen molar-refractivity contribution < 1.29 is 0 Å². The van der Waals surface area contributed by atoms with Gasteiger partial charge in [0, 0.05) is 0 Å². The second-order valence-electron chi connectivity index (χ2n) is 12.9. The third kappa shape index (κ3) is 7.48. The quantitative estimate of drug-likeness (QED) is 0.189. The zero-order valence-corrected chi connectivity index (χ0v) is 26.3. The van der Waals surface area contributed by atoms with Gasteiger partial charge in [-0.3, -0.25) is 0 Å². The Morgan fingerprint density at radius 2 is 0.771 bits per heavy atom. The van der Waals surface area contributed by atoms with Crippen molar-refractivity contribution in [1.29, 1.82) is 0 Å². The van der Waals surface area contributed by atoms with E-state index in [4.69, 9.17) is 0 Å². The van der Waals surface area contributed by atoms with Crippen LogP contribution < -0.4 is 0 Å². The van der Waals surface area contributed by atoms with Crippen molar-refractivity contribution in [3.63, 3.8) is 0 Å². The Morgan fingerprint density at radius 3 is 1.03 bits per heavy atom. The summed E-state index contributed by atoms with van der Waals surface area (Å²) < 4.78 is 5.68. The van der Waals surface area contributed by atoms with Gasteiger partial charge >= 0.3 is 221 Å². The van der Waals surface area contributed by atoms with Gasteiger partial charge in [0.15, 0.2) is 0 Å². The predicted octanol–water partition coefficient (Wildman–Crippen LogP) is 10.2. The molecule has 0 radical (unpaired) electrons. The average molecular weight is 575 g/mol. The fraction of sp³-hybridized carbons (Fsp3) is 0.471. The van der Waals surface area contributed by atoms with Crippen LogP contribution in [0.15, 0.2) is 91.0 Å². The molecule has 0 aliphatic carbocycles. The molecule has 0 nitrogen and oxygen atoms in total. The molecule has 0 saturated carbocycles. The number of hydrogen-bond donors (Lipinski definition) is 0. The summed E-state index contributed by atoms with van der Waals surface area (Å²) >= 11 is -2.79. The molecule has 0 unspecified atom stereocenters. The van der Waals surface area contributed by atoms with Gasteiger partial charge in [-0.1, -0.05) is 0 Å². The second kappa shape index (κ2) is 11.7. The van der Waals surface area contributed by atoms with Gasteiger partial charge in [-0.05, 0) is 0 Å². The van der Waals surface area contributed by atoms with Gasteiger partial charge in [0.25, 0.3) is 0 Å². The van der Waals surface area contributed by atoms with Crippen LogP contribution in [-0.4, -0.2) is 18.4 Å². The van der Waals surface area contributed by atoms with Gasteiger partial charge in [-0.25, -0.2) is 0 Å². The van der Waals surface area contributed by atoms with E-state index in [2.05, 4.69) is 139 Å². The van der Waals surface area contributed by atoms with E-state index in [1.165, 1.54) is 47.3 Å². The van der Waals surface area contributed by atoms with Gasteiger partial charge < -0.3 is 0 Å². The molecular weight excluding hydrogens is 527 g/mol. The maximum absolute atomic E-state index is 2.79. The summed E-state index contributed by atoms with van der Waals surface area (Å²) in [4.78, 5) is 0. The Hall–Kier alpha value is -1.54. The first-order valence-electron chi connectivity index (χ1n) is 13.7. The Kier molecular flexibility index (Phi) is 9.35. The molecule has 0 saturated heterocycles. The number of benzene rings is 3. The minimum atomic E-state index is -2.79. The number of hydrogen-bond acceptors (Lipinski definition) is 0. The molecule has 0 aliphatic rings. The molecular formula is C34H48Sn. The van der Waals surface area contributed by atoms with Gasteiger partial charge in [0.1, 0.15) is 0 Å². The molecule has 0 aromatic heterocycles. The van der Waals surface area contributed by atoms with Crippen LogP contribution in [0.3, 0.4) is 0 Å². The molecule has 0 amide bonds. The first-order chi connectivity index (χ1) is 16.5. The Bertz CT molecular complexity index is 886. The maximum atomic E-state index is 2.52. The van der Waals surface area contributed by atoms with E-state index in [-0.39, 0.29) is 16.2 Å². The first-order valence-corrected chi connectivity index (χ1v) is 21.7. The molecule has 1 heteroatoms. The van der Waals surface area contributed by atoms with Crippen LogP contribution in [0.25, 0.3) is 0 Å². The van der Waals surface area contributed by atoms with E-state index < -0.39 is 18.4 Å². The van der Waals surface area contributed by atoms with E-state index in [1.807, 2.05) is 0 Å². The molecule has 3 aromatic rings. The van der Waals surface area contributed by atoms with E-state index in [0.717, 1.165) is 0 Å². The summed E-state index contributed by atoms with van der Waals surface area (Å²) in [5.41, 5.74) is 5.12. The minimum absolute atomic E-state index is 0.199. The standard InChI is InChI=1S/3C10H13.C4H9.Sn/c3*1-10(2,3)9-7-5-4-6-8-9;1-3-4-2;/h3*4-8H,1H2,2-3H3;1,3-4H2,2H3;. The first kappa shape index (κ1) is 28.0. The fourth-order valence-corrected chi connectivity index (χ4v) is 30.3. The molecule has 188 valence electrons. The number of rotatable bonds is 12. The van der Waals surface area contributed by atoms with Crippen molar-refractivity contribution in [3.8, 4) is 0 Å². The Balaban J connectivity index is 2.09. The van der Waals surface area contributed by atoms with E-state index >= 15 is 0 Å². The van der Waals surface area contributed by atoms with E-state index in [0.29, 0.717) is 0 Å². The van der Waals surface area contributed by atoms with Gasteiger partial charge in [0.05, 0.1) is 0 Å². The molecule has 3 rings (SSSR count). The number of unbranched alkanes of at least 4 members (excludes halogenated alkanes) is 1. The van der Waals surface area contributed by atoms with E-state index in [9.17, 15) is 0 Å². The monoisotopic (exact) mass is 576 g/mol. The second-order valence-corrected chi connectivity index (χ2v) is 25.9. The van der Waals surface area contributed by atoms with E-state index in [1.54, 1.807) is 0 Å². The van der Waals surface area contributed by atoms with Crippen molar-refractivity contribution >= 4 is 18.4 Å². The summed E-state index contributed by atoms with van der Waals surface area (Å²) in [5.74, 6) is 0. The molecule has 0 bridgehead atoms. The fourth-order valence-electron chi connectivity index (χ4n) is 6.79. The van der Waals surface area contributed by atoms with Crippen molar-refractivity contribution in [2.45, 2.75) is 95.3 Å². The van der Waals surface area contributed by atoms with Crippen LogP contribution in [0.2, 0.25) is 17.7 Å². The molecule has 0 fully saturated rings. The summed E-state index contributed by atoms with van der Waals surface area (Å²) in [6, 6.07) is 34.0. The van der Waals surface area contributed by atoms with Crippen molar-refractivity contribution in [2.75, 3.05) is 0 Å². The zero-order valence-electron chi connectivity index (χ0n) is 23.4. The topological polar surface area (TPSA) is 0 Å². The van der Waals surface area contributed by atoms with Crippen LogP contribution in [0.4, 0.5) is 0 Å². The SMILES string of the molecule is CCC[CH2][Sn]([CH2]C(C)(C)c1ccccc1)([CH2]C(C)(C)c1ccccc1)[CH2]C(C)(C)c1ccccc1. The molecule has 0 aliphatic heterocycles. The zero-order chi connectivity index (χ0) is 25.6. The summed E-state index contributed by atoms with van der Waals surface area (Å²) in [6.07, 6.45) is 2.67. The van der Waals surface area contributed by atoms with Crippen molar-refractivity contribution in [3.05, 3.63) is 108 Å². The van der Waals surface area contributed by atoms with Crippen LogP contribution >= 0.6 is 0 Å². The van der Waals surface area contributed by atoms with Crippen LogP contribution in [0, 0.1) is 0 Å². The van der Waals surface area contributed by atoms with Crippen LogP contribution in [-0.2, 0) is 16.2 Å². The normalized spacial score (nSPS) is 13.1. The summed E-state index contributed by atoms with van der Waals surface area (Å²) in [7, 11) is 0. The molecule has 0 N–H and O–H groups in total. The van der Waals surface area contributed by atoms with Crippen LogP contribution in [0.5, 0.6) is 0 Å². The van der Waals surface area contributed by atoms with Gasteiger partial charge in [0.2, 0.25) is 0 Å². The van der Waals surface area contributed by atoms with Crippen molar-refractivity contribution in [1.82, 2.24) is 0 Å². The predicted molar refractivity (Wildman–Crippen MR) is 158 cm³/mol. The summed E-state index contributed by atoms with van der Waals surface area (Å²) in [5, 5.41) is 0. The molecule has 0 spiro atoms. The van der Waals surface area contributed by atoms with Gasteiger partial charge in [-0.2, -0.15) is 0 Å². The third-order valence-corrected chi connectivity index (χ3v) is 26.2. The molecule has 0 heterocycles. The Morgan fingerprint density at radius 1 is 0.486 bits per heavy atom. The molecule has 35 heavy (non-hydrogen) atoms. The van der Waals surface area contributed by atoms with Crippen LogP contribution in [0.1, 0.15) is 78.0 Å². The molecule has 0 atom stereocenters. The van der Waals surface area contributed by atoms with Crippen molar-refractivity contribution in [2.24, 2.45) is 0 Å². The molecule has 3 aromatic carbocycles. The Labute approximate surface area is 220 Å². The average Bonchev–Trinajstić information content (AvgIpc) is 2.83. The summed E-state index contributed by atoms with van der Waals surface area (Å²) in [6.45, 7) is 17.5. The third-order valence-electron chi connectivity index (χ3n) is 8.18.